The number of anilines is 1. The van der Waals surface area contributed by atoms with Gasteiger partial charge in [-0.1, -0.05) is 12.8 Å². The second-order valence-corrected chi connectivity index (χ2v) is 9.91. The van der Waals surface area contributed by atoms with E-state index < -0.39 is 24.1 Å². The number of carboxylic acid groups (broad SMARTS) is 1. The first-order valence-electron chi connectivity index (χ1n) is 12.2. The average Bonchev–Trinajstić information content (AvgIpc) is 3.53. The molecule has 12 nitrogen and oxygen atoms in total. The van der Waals surface area contributed by atoms with Crippen molar-refractivity contribution in [1.82, 2.24) is 19.7 Å². The normalized spacial score (nSPS) is 14.9. The van der Waals surface area contributed by atoms with Crippen LogP contribution in [0.3, 0.4) is 0 Å². The lowest BCUT2D eigenvalue weighted by Gasteiger charge is -2.26. The highest BCUT2D eigenvalue weighted by Gasteiger charge is 2.34. The fourth-order valence-corrected chi connectivity index (χ4v) is 4.58. The third-order valence-electron chi connectivity index (χ3n) is 6.26. The van der Waals surface area contributed by atoms with Crippen LogP contribution in [-0.2, 0) is 20.6 Å². The predicted molar refractivity (Wildman–Crippen MR) is 133 cm³/mol. The van der Waals surface area contributed by atoms with Gasteiger partial charge in [0, 0.05) is 38.0 Å². The van der Waals surface area contributed by atoms with E-state index in [4.69, 9.17) is 14.2 Å². The molecule has 1 aliphatic rings. The number of nitrogens with zero attached hydrogens (tertiary/aromatic N) is 6. The van der Waals surface area contributed by atoms with Crippen molar-refractivity contribution < 1.29 is 28.9 Å². The summed E-state index contributed by atoms with van der Waals surface area (Å²) in [5.74, 6) is 0.192. The molecule has 1 fully saturated rings. The Kier molecular flexibility index (Phi) is 9.18. The van der Waals surface area contributed by atoms with Gasteiger partial charge in [-0.2, -0.15) is 15.3 Å². The number of rotatable bonds is 9. The average molecular weight is 515 g/mol. The molecule has 2 amide bonds. The lowest BCUT2D eigenvalue weighted by Crippen LogP contribution is -2.41. The highest BCUT2D eigenvalue weighted by molar-refractivity contribution is 6.08. The maximum absolute atomic E-state index is 12.9. The Morgan fingerprint density at radius 2 is 1.92 bits per heavy atom. The summed E-state index contributed by atoms with van der Waals surface area (Å²) in [7, 11) is 2.90. The number of imide groups is 1. The van der Waals surface area contributed by atoms with Gasteiger partial charge < -0.3 is 19.3 Å². The zero-order valence-corrected chi connectivity index (χ0v) is 21.9. The molecule has 12 heteroatoms. The second-order valence-electron chi connectivity index (χ2n) is 9.91. The first kappa shape index (κ1) is 28.0. The van der Waals surface area contributed by atoms with Gasteiger partial charge in [0.2, 0.25) is 0 Å². The minimum Gasteiger partial charge on any atom is -0.464 e. The van der Waals surface area contributed by atoms with Gasteiger partial charge >= 0.3 is 12.2 Å². The Hall–Kier alpha value is -3.56. The lowest BCUT2D eigenvalue weighted by atomic mass is 9.96. The molecule has 2 heterocycles. The van der Waals surface area contributed by atoms with Crippen LogP contribution in [0.1, 0.15) is 64.5 Å². The molecule has 0 bridgehead atoms. The summed E-state index contributed by atoms with van der Waals surface area (Å²) in [6.45, 7) is 4.92. The number of hydrogen-bond acceptors (Lipinski definition) is 9. The van der Waals surface area contributed by atoms with Crippen LogP contribution in [0, 0.1) is 17.2 Å². The molecule has 0 radical (unpaired) electrons. The highest BCUT2D eigenvalue weighted by Crippen LogP contribution is 2.37. The van der Waals surface area contributed by atoms with Crippen molar-refractivity contribution in [2.75, 3.05) is 19.1 Å². The molecular weight excluding hydrogens is 480 g/mol. The van der Waals surface area contributed by atoms with Gasteiger partial charge in [0.05, 0.1) is 30.4 Å². The van der Waals surface area contributed by atoms with Crippen LogP contribution in [0.5, 0.6) is 0 Å². The molecule has 2 aromatic heterocycles. The fourth-order valence-electron chi connectivity index (χ4n) is 4.58. The van der Waals surface area contributed by atoms with E-state index in [1.165, 1.54) is 20.5 Å². The summed E-state index contributed by atoms with van der Waals surface area (Å²) in [4.78, 5) is 34.1. The quantitative estimate of drug-likeness (QED) is 0.471. The molecule has 200 valence electrons. The lowest BCUT2D eigenvalue weighted by molar-refractivity contribution is -0.100. The van der Waals surface area contributed by atoms with Gasteiger partial charge in [-0.15, -0.1) is 0 Å². The van der Waals surface area contributed by atoms with Crippen molar-refractivity contribution in [2.45, 2.75) is 77.2 Å². The summed E-state index contributed by atoms with van der Waals surface area (Å²) >= 11 is 0. The second kappa shape index (κ2) is 12.1. The number of methoxy groups -OCH3 is 2. The zero-order valence-electron chi connectivity index (χ0n) is 21.9. The molecule has 3 rings (SSSR count). The number of aromatic nitrogens is 4. The molecule has 0 aliphatic heterocycles. The standard InChI is InChI=1S/C25H34N6O6/c1-25(2,3)37-24(34)31(23(32)33)22-18(12-20(35-4)36-5)21(27-15-28-22)17-13-29-30(14-17)19(10-11-26)16-8-6-7-9-16/h13-16,19-20H,6-10,12H2,1-5H3,(H,32,33)/t19-/m1/s1. The highest BCUT2D eigenvalue weighted by atomic mass is 16.7. The number of carbonyl (C=O) groups is 2. The van der Waals surface area contributed by atoms with E-state index in [9.17, 15) is 20.0 Å². The van der Waals surface area contributed by atoms with Crippen LogP contribution in [-0.4, -0.2) is 63.2 Å². The van der Waals surface area contributed by atoms with Crippen molar-refractivity contribution in [3.8, 4) is 17.3 Å². The van der Waals surface area contributed by atoms with Gasteiger partial charge in [-0.05, 0) is 39.5 Å². The van der Waals surface area contributed by atoms with E-state index in [0.29, 0.717) is 34.1 Å². The van der Waals surface area contributed by atoms with Crippen LogP contribution in [0.25, 0.3) is 11.3 Å². The fraction of sp³-hybridized carbons (Fsp3) is 0.600. The molecular formula is C25H34N6O6. The molecule has 1 saturated carbocycles. The number of nitriles is 1. The minimum absolute atomic E-state index is 0.0422. The molecule has 0 unspecified atom stereocenters. The Morgan fingerprint density at radius 3 is 2.49 bits per heavy atom. The Bertz CT molecular complexity index is 1130. The molecule has 0 spiro atoms. The van der Waals surface area contributed by atoms with E-state index in [1.807, 2.05) is 0 Å². The topological polar surface area (TPSA) is 153 Å². The summed E-state index contributed by atoms with van der Waals surface area (Å²) < 4.78 is 17.8. The third kappa shape index (κ3) is 6.81. The van der Waals surface area contributed by atoms with Crippen LogP contribution in [0.4, 0.5) is 15.4 Å². The summed E-state index contributed by atoms with van der Waals surface area (Å²) in [6, 6.07) is 2.19. The van der Waals surface area contributed by atoms with Crippen molar-refractivity contribution in [1.29, 1.82) is 5.26 Å². The first-order chi connectivity index (χ1) is 17.6. The maximum atomic E-state index is 12.9. The van der Waals surface area contributed by atoms with Crippen LogP contribution in [0.2, 0.25) is 0 Å². The van der Waals surface area contributed by atoms with Crippen molar-refractivity contribution in [3.05, 3.63) is 24.3 Å². The van der Waals surface area contributed by atoms with Crippen LogP contribution < -0.4 is 4.90 Å². The number of hydrogen-bond donors (Lipinski definition) is 1. The van der Waals surface area contributed by atoms with Crippen molar-refractivity contribution >= 4 is 18.0 Å². The van der Waals surface area contributed by atoms with Gasteiger partial charge in [0.15, 0.2) is 12.1 Å². The van der Waals surface area contributed by atoms with E-state index >= 15 is 0 Å². The van der Waals surface area contributed by atoms with Gasteiger partial charge in [0.1, 0.15) is 11.9 Å². The van der Waals surface area contributed by atoms with Crippen LogP contribution in [0.15, 0.2) is 18.7 Å². The van der Waals surface area contributed by atoms with Gasteiger partial charge in [0.25, 0.3) is 0 Å². The maximum Gasteiger partial charge on any atom is 0.425 e. The molecule has 37 heavy (non-hydrogen) atoms. The predicted octanol–water partition coefficient (Wildman–Crippen LogP) is 4.57. The molecule has 1 atom stereocenters. The molecule has 1 N–H and O–H groups in total. The third-order valence-corrected chi connectivity index (χ3v) is 6.26. The Morgan fingerprint density at radius 1 is 1.24 bits per heavy atom. The zero-order chi connectivity index (χ0) is 27.2. The molecule has 0 aromatic carbocycles. The summed E-state index contributed by atoms with van der Waals surface area (Å²) in [5, 5.41) is 23.9. The number of amides is 2. The van der Waals surface area contributed by atoms with E-state index in [-0.39, 0.29) is 18.3 Å². The summed E-state index contributed by atoms with van der Waals surface area (Å²) in [5.41, 5.74) is 0.327. The smallest absolute Gasteiger partial charge is 0.425 e. The van der Waals surface area contributed by atoms with Crippen molar-refractivity contribution in [2.24, 2.45) is 5.92 Å². The van der Waals surface area contributed by atoms with Crippen molar-refractivity contribution in [3.63, 3.8) is 0 Å². The minimum atomic E-state index is -1.56. The number of carbonyl (C=O) groups excluding carboxylic acids is 1. The van der Waals surface area contributed by atoms with E-state index in [0.717, 1.165) is 25.7 Å². The molecule has 1 aliphatic carbocycles. The molecule has 2 aromatic rings. The Balaban J connectivity index is 2.10. The summed E-state index contributed by atoms with van der Waals surface area (Å²) in [6.07, 6.45) is 5.88. The van der Waals surface area contributed by atoms with Gasteiger partial charge in [-0.3, -0.25) is 4.68 Å². The number of ether oxygens (including phenoxy) is 3. The monoisotopic (exact) mass is 514 g/mol. The SMILES string of the molecule is COC(Cc1c(-c2cnn([C@H](CC#N)C3CCCC3)c2)ncnc1N(C(=O)O)C(=O)OC(C)(C)C)OC. The van der Waals surface area contributed by atoms with Gasteiger partial charge in [-0.25, -0.2) is 19.6 Å². The van der Waals surface area contributed by atoms with E-state index in [1.54, 1.807) is 37.8 Å². The first-order valence-corrected chi connectivity index (χ1v) is 12.2. The molecule has 0 saturated heterocycles. The largest absolute Gasteiger partial charge is 0.464 e. The van der Waals surface area contributed by atoms with Crippen LogP contribution >= 0.6 is 0 Å². The van der Waals surface area contributed by atoms with E-state index in [2.05, 4.69) is 21.1 Å². The Labute approximate surface area is 216 Å².